The van der Waals surface area contributed by atoms with Crippen LogP contribution in [0.2, 0.25) is 0 Å². The first kappa shape index (κ1) is 23.7. The Labute approximate surface area is 206 Å². The lowest BCUT2D eigenvalue weighted by atomic mass is 10.0. The molecule has 1 atom stereocenters. The van der Waals surface area contributed by atoms with Crippen LogP contribution in [0.4, 0.5) is 5.69 Å². The largest absolute Gasteiger partial charge is 0.452 e. The molecule has 0 radical (unpaired) electrons. The van der Waals surface area contributed by atoms with E-state index < -0.39 is 18.0 Å². The van der Waals surface area contributed by atoms with Crippen molar-refractivity contribution in [1.29, 1.82) is 0 Å². The molecule has 174 valence electrons. The number of anilines is 1. The number of para-hydroxylation sites is 1. The smallest absolute Gasteiger partial charge is 0.317 e. The van der Waals surface area contributed by atoms with Crippen molar-refractivity contribution >= 4 is 40.7 Å². The second-order valence-corrected chi connectivity index (χ2v) is 9.24. The van der Waals surface area contributed by atoms with Gasteiger partial charge in [-0.3, -0.25) is 9.59 Å². The highest BCUT2D eigenvalue weighted by atomic mass is 32.2. The Balaban J connectivity index is 1.35. The average molecular weight is 493 g/mol. The molecule has 1 unspecified atom stereocenters. The first-order chi connectivity index (χ1) is 16.6. The van der Waals surface area contributed by atoms with Crippen molar-refractivity contribution in [2.75, 3.05) is 11.1 Å². The second kappa shape index (κ2) is 11.1. The van der Waals surface area contributed by atoms with Gasteiger partial charge in [0.05, 0.1) is 10.6 Å². The van der Waals surface area contributed by atoms with Crippen molar-refractivity contribution in [1.82, 2.24) is 14.8 Å². The van der Waals surface area contributed by atoms with Crippen LogP contribution in [0.25, 0.3) is 21.8 Å². The highest BCUT2D eigenvalue weighted by Gasteiger charge is 2.21. The van der Waals surface area contributed by atoms with E-state index in [1.807, 2.05) is 83.6 Å². The summed E-state index contributed by atoms with van der Waals surface area (Å²) in [6.07, 6.45) is -0.942. The Morgan fingerprint density at radius 2 is 1.82 bits per heavy atom. The third-order valence-corrected chi connectivity index (χ3v) is 6.85. The van der Waals surface area contributed by atoms with Crippen LogP contribution in [-0.2, 0) is 20.9 Å². The molecule has 0 saturated carbocycles. The van der Waals surface area contributed by atoms with Gasteiger partial charge in [-0.1, -0.05) is 66.4 Å². The minimum absolute atomic E-state index is 0.0286. The van der Waals surface area contributed by atoms with Gasteiger partial charge in [0.25, 0.3) is 5.91 Å². The molecule has 0 fully saturated rings. The molecule has 7 nitrogen and oxygen atoms in total. The summed E-state index contributed by atoms with van der Waals surface area (Å²) in [7, 11) is 0. The van der Waals surface area contributed by atoms with E-state index in [-0.39, 0.29) is 5.75 Å². The predicted octanol–water partition coefficient (Wildman–Crippen LogP) is 5.36. The molecule has 34 heavy (non-hydrogen) atoms. The van der Waals surface area contributed by atoms with Gasteiger partial charge in [-0.2, -0.15) is 0 Å². The number of carbonyl (C=O) groups excluding carboxylic acids is 2. The van der Waals surface area contributed by atoms with Crippen molar-refractivity contribution in [2.24, 2.45) is 0 Å². The minimum atomic E-state index is -0.942. The van der Waals surface area contributed by atoms with Gasteiger partial charge in [-0.15, -0.1) is 21.5 Å². The Hall–Kier alpha value is -3.43. The zero-order chi connectivity index (χ0) is 23.9. The van der Waals surface area contributed by atoms with E-state index in [2.05, 4.69) is 15.5 Å². The lowest BCUT2D eigenvalue weighted by Crippen LogP contribution is -2.30. The fourth-order valence-corrected chi connectivity index (χ4v) is 4.87. The lowest BCUT2D eigenvalue weighted by Gasteiger charge is -2.16. The van der Waals surface area contributed by atoms with Crippen LogP contribution in [0.15, 0.2) is 77.3 Å². The molecule has 0 bridgehead atoms. The van der Waals surface area contributed by atoms with Crippen LogP contribution in [-0.4, -0.2) is 38.5 Å². The molecule has 4 aromatic rings. The third-order valence-electron chi connectivity index (χ3n) is 5.04. The van der Waals surface area contributed by atoms with Gasteiger partial charge >= 0.3 is 5.97 Å². The van der Waals surface area contributed by atoms with Crippen LogP contribution in [0, 0.1) is 0 Å². The summed E-state index contributed by atoms with van der Waals surface area (Å²) in [6.45, 7) is 4.24. The molecule has 0 aliphatic carbocycles. The van der Waals surface area contributed by atoms with Crippen LogP contribution in [0.1, 0.15) is 13.8 Å². The number of thiophene rings is 1. The van der Waals surface area contributed by atoms with Gasteiger partial charge in [-0.05, 0) is 36.9 Å². The normalized spacial score (nSPS) is 11.7. The fraction of sp³-hybridized carbons (Fsp3) is 0.200. The SMILES string of the molecule is CCn1c(SCC(=O)OC(C)C(=O)Nc2ccccc2-c2ccccc2)nnc1-c1cccs1. The van der Waals surface area contributed by atoms with E-state index in [1.54, 1.807) is 18.3 Å². The maximum Gasteiger partial charge on any atom is 0.317 e. The van der Waals surface area contributed by atoms with Crippen molar-refractivity contribution < 1.29 is 14.3 Å². The van der Waals surface area contributed by atoms with Crippen LogP contribution < -0.4 is 5.32 Å². The summed E-state index contributed by atoms with van der Waals surface area (Å²) in [4.78, 5) is 26.2. The maximum atomic E-state index is 12.7. The Bertz CT molecular complexity index is 1260. The van der Waals surface area contributed by atoms with Crippen LogP contribution in [0.3, 0.4) is 0 Å². The first-order valence-electron chi connectivity index (χ1n) is 10.8. The van der Waals surface area contributed by atoms with Crippen molar-refractivity contribution in [3.05, 3.63) is 72.1 Å². The lowest BCUT2D eigenvalue weighted by molar-refractivity contribution is -0.150. The van der Waals surface area contributed by atoms with Gasteiger partial charge < -0.3 is 14.6 Å². The first-order valence-corrected chi connectivity index (χ1v) is 12.7. The van der Waals surface area contributed by atoms with E-state index in [9.17, 15) is 9.59 Å². The number of nitrogens with zero attached hydrogens (tertiary/aromatic N) is 3. The number of thioether (sulfide) groups is 1. The van der Waals surface area contributed by atoms with Gasteiger partial charge in [0.15, 0.2) is 17.1 Å². The molecule has 0 aliphatic heterocycles. The molecule has 4 rings (SSSR count). The summed E-state index contributed by atoms with van der Waals surface area (Å²) < 4.78 is 7.34. The zero-order valence-electron chi connectivity index (χ0n) is 18.8. The number of esters is 1. The molecule has 9 heteroatoms. The molecule has 2 aromatic carbocycles. The van der Waals surface area contributed by atoms with Gasteiger partial charge in [0.2, 0.25) is 0 Å². The zero-order valence-corrected chi connectivity index (χ0v) is 20.4. The van der Waals surface area contributed by atoms with Crippen LogP contribution >= 0.6 is 23.1 Å². The Morgan fingerprint density at radius 1 is 1.06 bits per heavy atom. The maximum absolute atomic E-state index is 12.7. The summed E-state index contributed by atoms with van der Waals surface area (Å²) in [5, 5.41) is 14.0. The highest BCUT2D eigenvalue weighted by molar-refractivity contribution is 7.99. The molecular formula is C25H24N4O3S2. The van der Waals surface area contributed by atoms with Crippen LogP contribution in [0.5, 0.6) is 0 Å². The molecule has 2 aromatic heterocycles. The molecule has 1 amide bonds. The quantitative estimate of drug-likeness (QED) is 0.250. The topological polar surface area (TPSA) is 86.1 Å². The standard InChI is InChI=1S/C25H24N4O3S2/c1-3-29-23(21-14-9-15-33-21)27-28-25(29)34-16-22(30)32-17(2)24(31)26-20-13-8-7-12-19(20)18-10-5-4-6-11-18/h4-15,17H,3,16H2,1-2H3,(H,26,31). The van der Waals surface area contributed by atoms with Gasteiger partial charge in [0, 0.05) is 17.8 Å². The van der Waals surface area contributed by atoms with E-state index >= 15 is 0 Å². The molecule has 2 heterocycles. The molecule has 1 N–H and O–H groups in total. The molecular weight excluding hydrogens is 468 g/mol. The average Bonchev–Trinajstić information content (AvgIpc) is 3.53. The van der Waals surface area contributed by atoms with E-state index in [0.29, 0.717) is 17.4 Å². The molecule has 0 aliphatic rings. The number of nitrogens with one attached hydrogen (secondary N) is 1. The summed E-state index contributed by atoms with van der Waals surface area (Å²) in [5.74, 6) is -0.0789. The van der Waals surface area contributed by atoms with E-state index in [4.69, 9.17) is 4.74 Å². The third kappa shape index (κ3) is 5.55. The number of aromatic nitrogens is 3. The van der Waals surface area contributed by atoms with Crippen molar-refractivity contribution in [3.63, 3.8) is 0 Å². The number of rotatable bonds is 9. The number of ether oxygens (including phenoxy) is 1. The number of carbonyl (C=O) groups is 2. The molecule has 0 saturated heterocycles. The summed E-state index contributed by atoms with van der Waals surface area (Å²) in [6, 6.07) is 21.3. The fourth-order valence-electron chi connectivity index (χ4n) is 3.37. The van der Waals surface area contributed by atoms with Crippen molar-refractivity contribution in [3.8, 4) is 21.8 Å². The van der Waals surface area contributed by atoms with Gasteiger partial charge in [0.1, 0.15) is 0 Å². The Morgan fingerprint density at radius 3 is 2.56 bits per heavy atom. The monoisotopic (exact) mass is 492 g/mol. The van der Waals surface area contributed by atoms with Gasteiger partial charge in [-0.25, -0.2) is 0 Å². The van der Waals surface area contributed by atoms with Crippen molar-refractivity contribution in [2.45, 2.75) is 31.7 Å². The molecule has 0 spiro atoms. The summed E-state index contributed by atoms with van der Waals surface area (Å²) in [5.41, 5.74) is 2.54. The minimum Gasteiger partial charge on any atom is -0.452 e. The highest BCUT2D eigenvalue weighted by Crippen LogP contribution is 2.28. The Kier molecular flexibility index (Phi) is 7.76. The summed E-state index contributed by atoms with van der Waals surface area (Å²) >= 11 is 2.83. The van der Waals surface area contributed by atoms with E-state index in [1.165, 1.54) is 11.8 Å². The number of benzene rings is 2. The second-order valence-electron chi connectivity index (χ2n) is 7.35. The number of hydrogen-bond donors (Lipinski definition) is 1. The van der Waals surface area contributed by atoms with E-state index in [0.717, 1.165) is 21.8 Å². The number of amides is 1. The predicted molar refractivity (Wildman–Crippen MR) is 136 cm³/mol. The number of hydrogen-bond acceptors (Lipinski definition) is 7.